The zero-order chi connectivity index (χ0) is 20.0. The van der Waals surface area contributed by atoms with Crippen molar-refractivity contribution in [3.05, 3.63) is 64.9 Å². The van der Waals surface area contributed by atoms with Crippen molar-refractivity contribution in [2.45, 2.75) is 13.0 Å². The summed E-state index contributed by atoms with van der Waals surface area (Å²) in [6, 6.07) is 13.0. The molecule has 1 atom stereocenters. The minimum atomic E-state index is -0.326. The fourth-order valence-electron chi connectivity index (χ4n) is 2.52. The topological polar surface area (TPSA) is 52.7 Å². The van der Waals surface area contributed by atoms with Crippen molar-refractivity contribution >= 4 is 29.1 Å². The van der Waals surface area contributed by atoms with Crippen LogP contribution in [0.4, 0.5) is 10.1 Å². The Morgan fingerprint density at radius 3 is 2.33 bits per heavy atom. The van der Waals surface area contributed by atoms with Gasteiger partial charge in [-0.25, -0.2) is 4.39 Å². The van der Waals surface area contributed by atoms with Gasteiger partial charge in [0.25, 0.3) is 0 Å². The van der Waals surface area contributed by atoms with Gasteiger partial charge < -0.3 is 10.2 Å². The zero-order valence-corrected chi connectivity index (χ0v) is 16.3. The van der Waals surface area contributed by atoms with Crippen LogP contribution in [0.25, 0.3) is 0 Å². The first kappa shape index (κ1) is 20.9. The number of nitrogens with zero attached hydrogens (tertiary/aromatic N) is 2. The number of anilines is 1. The maximum absolute atomic E-state index is 13.0. The molecule has 2 amide bonds. The Bertz CT molecular complexity index is 798. The van der Waals surface area contributed by atoms with Gasteiger partial charge in [-0.1, -0.05) is 35.9 Å². The number of para-hydroxylation sites is 1. The van der Waals surface area contributed by atoms with Crippen LogP contribution in [0.3, 0.4) is 0 Å². The maximum atomic E-state index is 13.0. The predicted molar refractivity (Wildman–Crippen MR) is 105 cm³/mol. The average Bonchev–Trinajstić information content (AvgIpc) is 2.63. The molecule has 0 fully saturated rings. The summed E-state index contributed by atoms with van der Waals surface area (Å²) in [7, 11) is 3.38. The number of nitrogens with one attached hydrogen (secondary N) is 1. The molecule has 0 heterocycles. The Morgan fingerprint density at radius 2 is 1.70 bits per heavy atom. The molecule has 2 rings (SSSR count). The van der Waals surface area contributed by atoms with Gasteiger partial charge in [-0.15, -0.1) is 0 Å². The Morgan fingerprint density at radius 1 is 1.07 bits per heavy atom. The first-order valence-corrected chi connectivity index (χ1v) is 8.89. The SMILES string of the molecule is C[C@H](c1ccc(F)cc1)N(C)CC(=O)N(C)CC(=O)Nc1ccccc1Cl. The first-order chi connectivity index (χ1) is 12.8. The number of amides is 2. The Balaban J connectivity index is 1.87. The summed E-state index contributed by atoms with van der Waals surface area (Å²) in [5, 5.41) is 3.13. The lowest BCUT2D eigenvalue weighted by Crippen LogP contribution is -2.41. The second-order valence-corrected chi connectivity index (χ2v) is 6.83. The van der Waals surface area contributed by atoms with E-state index in [2.05, 4.69) is 5.32 Å². The molecular formula is C20H23ClFN3O2. The van der Waals surface area contributed by atoms with E-state index in [1.807, 2.05) is 18.9 Å². The number of hydrogen-bond donors (Lipinski definition) is 1. The van der Waals surface area contributed by atoms with Gasteiger partial charge in [0.2, 0.25) is 11.8 Å². The second kappa shape index (κ2) is 9.48. The number of hydrogen-bond acceptors (Lipinski definition) is 3. The van der Waals surface area contributed by atoms with E-state index in [9.17, 15) is 14.0 Å². The molecule has 0 bridgehead atoms. The van der Waals surface area contributed by atoms with Crippen LogP contribution in [0.15, 0.2) is 48.5 Å². The maximum Gasteiger partial charge on any atom is 0.244 e. The van der Waals surface area contributed by atoms with E-state index >= 15 is 0 Å². The highest BCUT2D eigenvalue weighted by molar-refractivity contribution is 6.33. The van der Waals surface area contributed by atoms with Gasteiger partial charge >= 0.3 is 0 Å². The molecule has 0 spiro atoms. The minimum absolute atomic E-state index is 0.0695. The lowest BCUT2D eigenvalue weighted by atomic mass is 10.1. The van der Waals surface area contributed by atoms with Crippen molar-refractivity contribution in [2.75, 3.05) is 32.5 Å². The quantitative estimate of drug-likeness (QED) is 0.785. The molecule has 144 valence electrons. The summed E-state index contributed by atoms with van der Waals surface area (Å²) in [4.78, 5) is 27.8. The molecule has 5 nitrogen and oxygen atoms in total. The van der Waals surface area contributed by atoms with Crippen molar-refractivity contribution in [2.24, 2.45) is 0 Å². The normalized spacial score (nSPS) is 11.9. The number of carbonyl (C=O) groups is 2. The molecule has 0 saturated carbocycles. The Hall–Kier alpha value is -2.44. The van der Waals surface area contributed by atoms with Crippen molar-refractivity contribution in [3.63, 3.8) is 0 Å². The van der Waals surface area contributed by atoms with Crippen molar-refractivity contribution in [1.82, 2.24) is 9.80 Å². The fraction of sp³-hybridized carbons (Fsp3) is 0.300. The molecular weight excluding hydrogens is 369 g/mol. The van der Waals surface area contributed by atoms with Gasteiger partial charge in [0.15, 0.2) is 0 Å². The third-order valence-electron chi connectivity index (χ3n) is 4.35. The van der Waals surface area contributed by atoms with Gasteiger partial charge in [0.05, 0.1) is 23.8 Å². The molecule has 0 unspecified atom stereocenters. The van der Waals surface area contributed by atoms with Crippen LogP contribution in [0.1, 0.15) is 18.5 Å². The highest BCUT2D eigenvalue weighted by Crippen LogP contribution is 2.20. The van der Waals surface area contributed by atoms with Crippen molar-refractivity contribution < 1.29 is 14.0 Å². The summed E-state index contributed by atoms with van der Waals surface area (Å²) in [5.41, 5.74) is 1.41. The molecule has 27 heavy (non-hydrogen) atoms. The highest BCUT2D eigenvalue weighted by Gasteiger charge is 2.19. The lowest BCUT2D eigenvalue weighted by molar-refractivity contribution is -0.134. The summed E-state index contributed by atoms with van der Waals surface area (Å²) in [6.07, 6.45) is 0. The first-order valence-electron chi connectivity index (χ1n) is 8.52. The van der Waals surface area contributed by atoms with E-state index in [4.69, 9.17) is 11.6 Å². The molecule has 0 aliphatic rings. The van der Waals surface area contributed by atoms with Crippen LogP contribution in [0.2, 0.25) is 5.02 Å². The summed E-state index contributed by atoms with van der Waals surface area (Å²) >= 11 is 6.01. The van der Waals surface area contributed by atoms with Crippen LogP contribution < -0.4 is 5.32 Å². The largest absolute Gasteiger partial charge is 0.335 e. The summed E-state index contributed by atoms with van der Waals surface area (Å²) in [5.74, 6) is -0.817. The van der Waals surface area contributed by atoms with Crippen LogP contribution in [-0.4, -0.2) is 48.8 Å². The van der Waals surface area contributed by atoms with E-state index in [-0.39, 0.29) is 36.8 Å². The minimum Gasteiger partial charge on any atom is -0.335 e. The predicted octanol–water partition coefficient (Wildman–Crippen LogP) is 3.57. The van der Waals surface area contributed by atoms with Gasteiger partial charge in [-0.05, 0) is 43.8 Å². The summed E-state index contributed by atoms with van der Waals surface area (Å²) < 4.78 is 13.0. The monoisotopic (exact) mass is 391 g/mol. The molecule has 0 saturated heterocycles. The average molecular weight is 392 g/mol. The Kier molecular flexibility index (Phi) is 7.33. The molecule has 2 aromatic rings. The number of benzene rings is 2. The van der Waals surface area contributed by atoms with E-state index in [0.717, 1.165) is 5.56 Å². The molecule has 7 heteroatoms. The zero-order valence-electron chi connectivity index (χ0n) is 15.6. The van der Waals surface area contributed by atoms with E-state index in [1.165, 1.54) is 17.0 Å². The second-order valence-electron chi connectivity index (χ2n) is 6.42. The molecule has 0 aromatic heterocycles. The number of halogens is 2. The fourth-order valence-corrected chi connectivity index (χ4v) is 2.71. The number of rotatable bonds is 7. The number of likely N-dealkylation sites (N-methyl/N-ethyl adjacent to an activating group) is 2. The smallest absolute Gasteiger partial charge is 0.244 e. The molecule has 0 aliphatic heterocycles. The molecule has 1 N–H and O–H groups in total. The third kappa shape index (κ3) is 6.05. The van der Waals surface area contributed by atoms with Gasteiger partial charge in [-0.2, -0.15) is 0 Å². The van der Waals surface area contributed by atoms with Crippen LogP contribution in [0.5, 0.6) is 0 Å². The van der Waals surface area contributed by atoms with Gasteiger partial charge in [0, 0.05) is 13.1 Å². The van der Waals surface area contributed by atoms with Crippen molar-refractivity contribution in [1.29, 1.82) is 0 Å². The molecule has 2 aromatic carbocycles. The van der Waals surface area contributed by atoms with Crippen molar-refractivity contribution in [3.8, 4) is 0 Å². The van der Waals surface area contributed by atoms with E-state index in [0.29, 0.717) is 10.7 Å². The third-order valence-corrected chi connectivity index (χ3v) is 4.68. The standard InChI is InChI=1S/C20H23ClFN3O2/c1-14(15-8-10-16(22)11-9-15)24(2)13-20(27)25(3)12-19(26)23-18-7-5-4-6-17(18)21/h4-11,14H,12-13H2,1-3H3,(H,23,26)/t14-/m1/s1. The van der Waals surface area contributed by atoms with Crippen LogP contribution in [-0.2, 0) is 9.59 Å². The molecule has 0 radical (unpaired) electrons. The number of carbonyl (C=O) groups excluding carboxylic acids is 2. The van der Waals surface area contributed by atoms with E-state index in [1.54, 1.807) is 43.4 Å². The molecule has 0 aliphatic carbocycles. The van der Waals surface area contributed by atoms with E-state index < -0.39 is 0 Å². The van der Waals surface area contributed by atoms with Gasteiger partial charge in [-0.3, -0.25) is 14.5 Å². The highest BCUT2D eigenvalue weighted by atomic mass is 35.5. The lowest BCUT2D eigenvalue weighted by Gasteiger charge is -2.27. The van der Waals surface area contributed by atoms with Crippen LogP contribution in [0, 0.1) is 5.82 Å². The summed E-state index contributed by atoms with van der Waals surface area (Å²) in [6.45, 7) is 1.99. The van der Waals surface area contributed by atoms with Gasteiger partial charge in [0.1, 0.15) is 5.82 Å². The van der Waals surface area contributed by atoms with Crippen LogP contribution >= 0.6 is 11.6 Å². The Labute approximate surface area is 163 Å².